The van der Waals surface area contributed by atoms with Crippen LogP contribution in [-0.2, 0) is 6.42 Å². The molecule has 0 aliphatic carbocycles. The highest BCUT2D eigenvalue weighted by Gasteiger charge is 2.05. The van der Waals surface area contributed by atoms with E-state index in [1.165, 1.54) is 11.6 Å². The van der Waals surface area contributed by atoms with Crippen molar-refractivity contribution in [1.82, 2.24) is 0 Å². The van der Waals surface area contributed by atoms with Crippen LogP contribution < -0.4 is 10.5 Å². The Morgan fingerprint density at radius 1 is 1.17 bits per heavy atom. The van der Waals surface area contributed by atoms with E-state index in [0.717, 1.165) is 12.0 Å². The summed E-state index contributed by atoms with van der Waals surface area (Å²) in [5.74, 6) is 0.517. The highest BCUT2D eigenvalue weighted by Crippen LogP contribution is 2.25. The first-order valence-electron chi connectivity index (χ1n) is 5.92. The molecule has 94 valence electrons. The van der Waals surface area contributed by atoms with Crippen LogP contribution in [0.2, 0.25) is 0 Å². The van der Waals surface area contributed by atoms with Crippen LogP contribution in [0.1, 0.15) is 11.1 Å². The zero-order valence-corrected chi connectivity index (χ0v) is 10.3. The van der Waals surface area contributed by atoms with Gasteiger partial charge in [-0.3, -0.25) is 0 Å². The summed E-state index contributed by atoms with van der Waals surface area (Å²) in [6.45, 7) is 2.62. The summed E-state index contributed by atoms with van der Waals surface area (Å²) in [6.07, 6.45) is 0.839. The number of halogens is 1. The summed E-state index contributed by atoms with van der Waals surface area (Å²) in [5, 5.41) is 0. The number of nitrogens with two attached hydrogens (primary N) is 1. The van der Waals surface area contributed by atoms with Crippen molar-refractivity contribution in [2.24, 2.45) is 5.73 Å². The van der Waals surface area contributed by atoms with Crippen molar-refractivity contribution in [3.8, 4) is 11.5 Å². The van der Waals surface area contributed by atoms with Gasteiger partial charge in [0.05, 0.1) is 0 Å². The quantitative estimate of drug-likeness (QED) is 0.895. The summed E-state index contributed by atoms with van der Waals surface area (Å²) in [5.41, 5.74) is 7.83. The Hall–Kier alpha value is -1.87. The van der Waals surface area contributed by atoms with Crippen LogP contribution >= 0.6 is 0 Å². The Labute approximate surface area is 106 Å². The summed E-state index contributed by atoms with van der Waals surface area (Å²) in [7, 11) is 0. The van der Waals surface area contributed by atoms with Gasteiger partial charge < -0.3 is 10.5 Å². The summed E-state index contributed by atoms with van der Waals surface area (Å²) < 4.78 is 19.0. The second-order valence-corrected chi connectivity index (χ2v) is 4.16. The highest BCUT2D eigenvalue weighted by atomic mass is 19.1. The second kappa shape index (κ2) is 5.65. The summed E-state index contributed by atoms with van der Waals surface area (Å²) in [6, 6.07) is 12.1. The molecule has 0 spiro atoms. The molecule has 0 amide bonds. The normalized spacial score (nSPS) is 10.4. The third-order valence-corrected chi connectivity index (χ3v) is 2.79. The Morgan fingerprint density at radius 3 is 2.61 bits per heavy atom. The molecule has 0 unspecified atom stereocenters. The van der Waals surface area contributed by atoms with Crippen molar-refractivity contribution in [2.75, 3.05) is 6.54 Å². The lowest BCUT2D eigenvalue weighted by Gasteiger charge is -2.10. The van der Waals surface area contributed by atoms with Gasteiger partial charge in [0.2, 0.25) is 0 Å². The first kappa shape index (κ1) is 12.6. The van der Waals surface area contributed by atoms with Gasteiger partial charge in [-0.1, -0.05) is 18.2 Å². The van der Waals surface area contributed by atoms with Crippen molar-refractivity contribution in [3.63, 3.8) is 0 Å². The van der Waals surface area contributed by atoms with Crippen LogP contribution in [0.5, 0.6) is 11.5 Å². The molecule has 0 saturated heterocycles. The van der Waals surface area contributed by atoms with E-state index >= 15 is 0 Å². The SMILES string of the molecule is Cc1cc(Oc2ccccc2F)ccc1CCN. The lowest BCUT2D eigenvalue weighted by atomic mass is 10.1. The third kappa shape index (κ3) is 2.87. The van der Waals surface area contributed by atoms with E-state index in [-0.39, 0.29) is 11.6 Å². The maximum absolute atomic E-state index is 13.4. The Morgan fingerprint density at radius 2 is 1.94 bits per heavy atom. The molecule has 2 nitrogen and oxygen atoms in total. The Kier molecular flexibility index (Phi) is 3.95. The number of hydrogen-bond donors (Lipinski definition) is 1. The standard InChI is InChI=1S/C15H16FNO/c1-11-10-13(7-6-12(11)8-9-17)18-15-5-3-2-4-14(15)16/h2-7,10H,8-9,17H2,1H3. The van der Waals surface area contributed by atoms with Crippen molar-refractivity contribution in [3.05, 3.63) is 59.4 Å². The average Bonchev–Trinajstić information content (AvgIpc) is 2.36. The van der Waals surface area contributed by atoms with Crippen molar-refractivity contribution < 1.29 is 9.13 Å². The molecule has 0 aromatic heterocycles. The molecule has 2 aromatic rings. The Bertz CT molecular complexity index is 540. The topological polar surface area (TPSA) is 35.2 Å². The molecule has 0 aliphatic heterocycles. The zero-order valence-electron chi connectivity index (χ0n) is 10.3. The minimum atomic E-state index is -0.360. The van der Waals surface area contributed by atoms with Crippen LogP contribution in [0.25, 0.3) is 0 Å². The monoisotopic (exact) mass is 245 g/mol. The minimum Gasteiger partial charge on any atom is -0.454 e. The molecule has 0 fully saturated rings. The van der Waals surface area contributed by atoms with Crippen molar-refractivity contribution >= 4 is 0 Å². The van der Waals surface area contributed by atoms with Crippen LogP contribution in [0.3, 0.4) is 0 Å². The number of aryl methyl sites for hydroxylation is 1. The summed E-state index contributed by atoms with van der Waals surface area (Å²) in [4.78, 5) is 0. The molecule has 0 radical (unpaired) electrons. The minimum absolute atomic E-state index is 0.239. The van der Waals surface area contributed by atoms with E-state index in [1.807, 2.05) is 25.1 Å². The highest BCUT2D eigenvalue weighted by molar-refractivity contribution is 5.38. The first-order valence-corrected chi connectivity index (χ1v) is 5.92. The molecule has 0 saturated carbocycles. The predicted molar refractivity (Wildman–Crippen MR) is 70.4 cm³/mol. The molecular weight excluding hydrogens is 229 g/mol. The van der Waals surface area contributed by atoms with Crippen LogP contribution in [0.4, 0.5) is 4.39 Å². The molecule has 2 rings (SSSR count). The van der Waals surface area contributed by atoms with Gasteiger partial charge in [-0.15, -0.1) is 0 Å². The van der Waals surface area contributed by atoms with E-state index in [2.05, 4.69) is 0 Å². The van der Waals surface area contributed by atoms with E-state index < -0.39 is 0 Å². The molecule has 0 bridgehead atoms. The van der Waals surface area contributed by atoms with Gasteiger partial charge >= 0.3 is 0 Å². The van der Waals surface area contributed by atoms with Gasteiger partial charge in [0.1, 0.15) is 5.75 Å². The predicted octanol–water partition coefficient (Wildman–Crippen LogP) is 3.43. The van der Waals surface area contributed by atoms with Gasteiger partial charge in [0.15, 0.2) is 11.6 Å². The molecular formula is C15H16FNO. The van der Waals surface area contributed by atoms with E-state index in [9.17, 15) is 4.39 Å². The zero-order chi connectivity index (χ0) is 13.0. The Balaban J connectivity index is 2.20. The van der Waals surface area contributed by atoms with E-state index in [0.29, 0.717) is 12.3 Å². The number of rotatable bonds is 4. The summed E-state index contributed by atoms with van der Waals surface area (Å²) >= 11 is 0. The molecule has 0 atom stereocenters. The fourth-order valence-electron chi connectivity index (χ4n) is 1.82. The maximum Gasteiger partial charge on any atom is 0.165 e. The fourth-order valence-corrected chi connectivity index (χ4v) is 1.82. The molecule has 18 heavy (non-hydrogen) atoms. The average molecular weight is 245 g/mol. The van der Waals surface area contributed by atoms with Gasteiger partial charge in [-0.05, 0) is 55.3 Å². The van der Waals surface area contributed by atoms with Crippen LogP contribution in [-0.4, -0.2) is 6.54 Å². The molecule has 3 heteroatoms. The second-order valence-electron chi connectivity index (χ2n) is 4.16. The van der Waals surface area contributed by atoms with Crippen molar-refractivity contribution in [2.45, 2.75) is 13.3 Å². The molecule has 0 aliphatic rings. The smallest absolute Gasteiger partial charge is 0.165 e. The van der Waals surface area contributed by atoms with E-state index in [1.54, 1.807) is 18.2 Å². The van der Waals surface area contributed by atoms with E-state index in [4.69, 9.17) is 10.5 Å². The van der Waals surface area contributed by atoms with Crippen LogP contribution in [0, 0.1) is 12.7 Å². The van der Waals surface area contributed by atoms with Gasteiger partial charge in [-0.25, -0.2) is 4.39 Å². The largest absolute Gasteiger partial charge is 0.454 e. The number of benzene rings is 2. The third-order valence-electron chi connectivity index (χ3n) is 2.79. The maximum atomic E-state index is 13.4. The van der Waals surface area contributed by atoms with Crippen LogP contribution in [0.15, 0.2) is 42.5 Å². The fraction of sp³-hybridized carbons (Fsp3) is 0.200. The molecule has 0 heterocycles. The van der Waals surface area contributed by atoms with Gasteiger partial charge in [0.25, 0.3) is 0 Å². The number of para-hydroxylation sites is 1. The van der Waals surface area contributed by atoms with Gasteiger partial charge in [0, 0.05) is 0 Å². The lowest BCUT2D eigenvalue weighted by Crippen LogP contribution is -2.04. The lowest BCUT2D eigenvalue weighted by molar-refractivity contribution is 0.442. The van der Waals surface area contributed by atoms with Crippen molar-refractivity contribution in [1.29, 1.82) is 0 Å². The number of ether oxygens (including phenoxy) is 1. The van der Waals surface area contributed by atoms with Gasteiger partial charge in [-0.2, -0.15) is 0 Å². The molecule has 2 aromatic carbocycles. The number of hydrogen-bond acceptors (Lipinski definition) is 2. The molecule has 2 N–H and O–H groups in total. The first-order chi connectivity index (χ1) is 8.70.